The van der Waals surface area contributed by atoms with Crippen molar-refractivity contribution in [2.75, 3.05) is 32.6 Å². The minimum Gasteiger partial charge on any atom is -0.493 e. The molecule has 0 radical (unpaired) electrons. The summed E-state index contributed by atoms with van der Waals surface area (Å²) < 4.78 is 39.1. The molecule has 1 fully saturated rings. The fourth-order valence-corrected chi connectivity index (χ4v) is 4.79. The van der Waals surface area contributed by atoms with Crippen molar-refractivity contribution < 1.29 is 22.7 Å². The summed E-state index contributed by atoms with van der Waals surface area (Å²) in [7, 11) is 0.760. The smallest absolute Gasteiger partial charge is 0.263 e. The van der Waals surface area contributed by atoms with Crippen molar-refractivity contribution in [1.29, 1.82) is 0 Å². The van der Waals surface area contributed by atoms with E-state index in [9.17, 15) is 13.2 Å². The first kappa shape index (κ1) is 20.2. The molecule has 1 amide bonds. The summed E-state index contributed by atoms with van der Waals surface area (Å²) in [5, 5.41) is 6.54. The highest BCUT2D eigenvalue weighted by Crippen LogP contribution is 2.30. The van der Waals surface area contributed by atoms with Crippen LogP contribution in [0.15, 0.2) is 29.4 Å². The van der Waals surface area contributed by atoms with E-state index in [1.165, 1.54) is 29.4 Å². The Balaban J connectivity index is 1.89. The standard InChI is InChI=1S/C18H24N4O5S/c1-21-12-14(18(20-21)28(24,25)22-9-5-4-6-10-22)17(23)19-13-7-8-15(26-2)16(11-13)27-3/h7-8,11-12H,4-6,9-10H2,1-3H3,(H,19,23). The number of nitrogens with zero attached hydrogens (tertiary/aromatic N) is 3. The number of hydrogen-bond donors (Lipinski definition) is 1. The van der Waals surface area contributed by atoms with Gasteiger partial charge in [-0.15, -0.1) is 0 Å². The number of nitrogens with one attached hydrogen (secondary N) is 1. The molecule has 10 heteroatoms. The summed E-state index contributed by atoms with van der Waals surface area (Å²) in [5.41, 5.74) is 0.454. The first-order valence-corrected chi connectivity index (χ1v) is 10.4. The molecular formula is C18H24N4O5S. The molecule has 9 nitrogen and oxygen atoms in total. The lowest BCUT2D eigenvalue weighted by Gasteiger charge is -2.25. The number of benzene rings is 1. The number of anilines is 1. The molecule has 0 atom stereocenters. The summed E-state index contributed by atoms with van der Waals surface area (Å²) >= 11 is 0. The van der Waals surface area contributed by atoms with Gasteiger partial charge in [-0.05, 0) is 25.0 Å². The molecule has 3 rings (SSSR count). The van der Waals surface area contributed by atoms with E-state index in [0.717, 1.165) is 19.3 Å². The topological polar surface area (TPSA) is 103 Å². The number of aromatic nitrogens is 2. The highest BCUT2D eigenvalue weighted by atomic mass is 32.2. The van der Waals surface area contributed by atoms with Crippen LogP contribution in [0.25, 0.3) is 0 Å². The van der Waals surface area contributed by atoms with E-state index < -0.39 is 15.9 Å². The Morgan fingerprint density at radius 1 is 1.11 bits per heavy atom. The van der Waals surface area contributed by atoms with Gasteiger partial charge in [0.25, 0.3) is 15.9 Å². The quantitative estimate of drug-likeness (QED) is 0.783. The van der Waals surface area contributed by atoms with Crippen molar-refractivity contribution in [3.8, 4) is 11.5 Å². The Kier molecular flexibility index (Phi) is 5.90. The average molecular weight is 408 g/mol. The van der Waals surface area contributed by atoms with Crippen molar-refractivity contribution in [3.63, 3.8) is 0 Å². The van der Waals surface area contributed by atoms with E-state index in [1.54, 1.807) is 25.2 Å². The third-order valence-corrected chi connectivity index (χ3v) is 6.42. The fourth-order valence-electron chi connectivity index (χ4n) is 3.15. The molecular weight excluding hydrogens is 384 g/mol. The number of hydrogen-bond acceptors (Lipinski definition) is 6. The number of rotatable bonds is 6. The van der Waals surface area contributed by atoms with Crippen LogP contribution >= 0.6 is 0 Å². The molecule has 2 aromatic rings. The Morgan fingerprint density at radius 2 is 1.79 bits per heavy atom. The Bertz CT molecular complexity index is 964. The van der Waals surface area contributed by atoms with Gasteiger partial charge in [-0.3, -0.25) is 9.48 Å². The zero-order valence-electron chi connectivity index (χ0n) is 16.1. The minimum atomic E-state index is -3.84. The number of piperidine rings is 1. The van der Waals surface area contributed by atoms with Crippen LogP contribution in [-0.4, -0.2) is 55.7 Å². The van der Waals surface area contributed by atoms with Gasteiger partial charge in [-0.1, -0.05) is 6.42 Å². The third kappa shape index (κ3) is 3.97. The van der Waals surface area contributed by atoms with Gasteiger partial charge in [-0.25, -0.2) is 8.42 Å². The number of ether oxygens (including phenoxy) is 2. The van der Waals surface area contributed by atoms with Gasteiger partial charge < -0.3 is 14.8 Å². The van der Waals surface area contributed by atoms with Gasteiger partial charge in [-0.2, -0.15) is 9.40 Å². The molecule has 2 heterocycles. The monoisotopic (exact) mass is 408 g/mol. The van der Waals surface area contributed by atoms with E-state index >= 15 is 0 Å². The molecule has 28 heavy (non-hydrogen) atoms. The first-order chi connectivity index (χ1) is 13.4. The molecule has 1 aliphatic rings. The van der Waals surface area contributed by atoms with Gasteiger partial charge in [0.1, 0.15) is 0 Å². The lowest BCUT2D eigenvalue weighted by molar-refractivity contribution is 0.102. The number of aryl methyl sites for hydroxylation is 1. The third-order valence-electron chi connectivity index (χ3n) is 4.58. The SMILES string of the molecule is COc1ccc(NC(=O)c2cn(C)nc2S(=O)(=O)N2CCCCC2)cc1OC. The van der Waals surface area contributed by atoms with Crippen LogP contribution < -0.4 is 14.8 Å². The van der Waals surface area contributed by atoms with Crippen LogP contribution in [0.3, 0.4) is 0 Å². The fraction of sp³-hybridized carbons (Fsp3) is 0.444. The second kappa shape index (κ2) is 8.19. The van der Waals surface area contributed by atoms with Crippen molar-refractivity contribution in [3.05, 3.63) is 30.0 Å². The molecule has 0 aliphatic carbocycles. The van der Waals surface area contributed by atoms with Crippen LogP contribution in [-0.2, 0) is 17.1 Å². The van der Waals surface area contributed by atoms with Gasteiger partial charge in [0.05, 0.1) is 19.8 Å². The minimum absolute atomic E-state index is 0.00265. The van der Waals surface area contributed by atoms with Crippen LogP contribution in [0, 0.1) is 0 Å². The first-order valence-electron chi connectivity index (χ1n) is 8.94. The number of sulfonamides is 1. The normalized spacial score (nSPS) is 15.2. The molecule has 1 aromatic carbocycles. The summed E-state index contributed by atoms with van der Waals surface area (Å²) in [6, 6.07) is 4.91. The number of carbonyl (C=O) groups is 1. The summed E-state index contributed by atoms with van der Waals surface area (Å²) in [6.45, 7) is 0.880. The lowest BCUT2D eigenvalue weighted by Crippen LogP contribution is -2.36. The van der Waals surface area contributed by atoms with E-state index in [-0.39, 0.29) is 10.6 Å². The second-order valence-electron chi connectivity index (χ2n) is 6.51. The zero-order valence-corrected chi connectivity index (χ0v) is 17.0. The van der Waals surface area contributed by atoms with E-state index in [1.807, 2.05) is 0 Å². The van der Waals surface area contributed by atoms with Gasteiger partial charge in [0.15, 0.2) is 11.5 Å². The molecule has 1 saturated heterocycles. The average Bonchev–Trinajstić information content (AvgIpc) is 3.11. The summed E-state index contributed by atoms with van der Waals surface area (Å²) in [5.74, 6) is 0.416. The van der Waals surface area contributed by atoms with Crippen LogP contribution in [0.4, 0.5) is 5.69 Å². The van der Waals surface area contributed by atoms with E-state index in [0.29, 0.717) is 30.3 Å². The second-order valence-corrected chi connectivity index (χ2v) is 8.36. The predicted molar refractivity (Wildman–Crippen MR) is 103 cm³/mol. The van der Waals surface area contributed by atoms with Gasteiger partial charge >= 0.3 is 0 Å². The van der Waals surface area contributed by atoms with Crippen molar-refractivity contribution in [2.45, 2.75) is 24.3 Å². The number of carbonyl (C=O) groups excluding carboxylic acids is 1. The number of methoxy groups -OCH3 is 2. The van der Waals surface area contributed by atoms with Crippen LogP contribution in [0.2, 0.25) is 0 Å². The predicted octanol–water partition coefficient (Wildman–Crippen LogP) is 1.86. The van der Waals surface area contributed by atoms with Gasteiger partial charge in [0.2, 0.25) is 5.03 Å². The molecule has 0 saturated carbocycles. The highest BCUT2D eigenvalue weighted by Gasteiger charge is 2.33. The highest BCUT2D eigenvalue weighted by molar-refractivity contribution is 7.89. The molecule has 1 aliphatic heterocycles. The molecule has 1 N–H and O–H groups in total. The number of amides is 1. The van der Waals surface area contributed by atoms with Crippen molar-refractivity contribution in [2.24, 2.45) is 7.05 Å². The Labute approximate surface area is 164 Å². The van der Waals surface area contributed by atoms with Gasteiger partial charge in [0, 0.05) is 38.1 Å². The van der Waals surface area contributed by atoms with E-state index in [2.05, 4.69) is 10.4 Å². The Morgan fingerprint density at radius 3 is 2.43 bits per heavy atom. The molecule has 152 valence electrons. The maximum atomic E-state index is 13.0. The van der Waals surface area contributed by atoms with Crippen LogP contribution in [0.5, 0.6) is 11.5 Å². The zero-order chi connectivity index (χ0) is 20.3. The van der Waals surface area contributed by atoms with Crippen LogP contribution in [0.1, 0.15) is 29.6 Å². The summed E-state index contributed by atoms with van der Waals surface area (Å²) in [4.78, 5) is 12.8. The molecule has 0 bridgehead atoms. The maximum absolute atomic E-state index is 13.0. The van der Waals surface area contributed by atoms with Crippen molar-refractivity contribution in [1.82, 2.24) is 14.1 Å². The molecule has 0 unspecified atom stereocenters. The Hall–Kier alpha value is -2.59. The van der Waals surface area contributed by atoms with Crippen molar-refractivity contribution >= 4 is 21.6 Å². The summed E-state index contributed by atoms with van der Waals surface area (Å²) in [6.07, 6.45) is 4.02. The molecule has 0 spiro atoms. The maximum Gasteiger partial charge on any atom is 0.263 e. The van der Waals surface area contributed by atoms with E-state index in [4.69, 9.17) is 9.47 Å². The lowest BCUT2D eigenvalue weighted by atomic mass is 10.2. The largest absolute Gasteiger partial charge is 0.493 e. The molecule has 1 aromatic heterocycles.